The zero-order chi connectivity index (χ0) is 64.7. The van der Waals surface area contributed by atoms with Crippen LogP contribution in [0.1, 0.15) is 138 Å². The number of rotatable bonds is 24. The number of piperidine rings is 2. The average Bonchev–Trinajstić information content (AvgIpc) is 2.49. The normalized spacial score (nSPS) is 17.7. The first-order valence-electron chi connectivity index (χ1n) is 31.6. The number of sulfonamides is 2. The van der Waals surface area contributed by atoms with E-state index in [0.717, 1.165) is 110 Å². The second kappa shape index (κ2) is 34.4. The van der Waals surface area contributed by atoms with E-state index in [-0.39, 0.29) is 61.2 Å². The molecule has 20 nitrogen and oxygen atoms in total. The molecule has 2 unspecified atom stereocenters. The fraction of sp³-hybridized carbons (Fsp3) is 0.545. The number of amides is 4. The second-order valence-corrected chi connectivity index (χ2v) is 29.3. The van der Waals surface area contributed by atoms with Gasteiger partial charge in [0.2, 0.25) is 37.8 Å². The van der Waals surface area contributed by atoms with Crippen LogP contribution in [0.2, 0.25) is 10.0 Å². The summed E-state index contributed by atoms with van der Waals surface area (Å²) < 4.78 is 64.8. The van der Waals surface area contributed by atoms with Crippen molar-refractivity contribution in [1.82, 2.24) is 29.5 Å². The van der Waals surface area contributed by atoms with Crippen molar-refractivity contribution in [3.05, 3.63) is 141 Å². The van der Waals surface area contributed by atoms with Crippen LogP contribution in [0.3, 0.4) is 0 Å². The minimum atomic E-state index is -3.67. The maximum Gasteiger partial charge on any atom is 0.416 e. The van der Waals surface area contributed by atoms with E-state index in [9.17, 15) is 36.0 Å². The van der Waals surface area contributed by atoms with Gasteiger partial charge in [0.05, 0.1) is 12.5 Å². The molecule has 2 atom stereocenters. The Balaban J connectivity index is 0.000000283. The predicted molar refractivity (Wildman–Crippen MR) is 353 cm³/mol. The largest absolute Gasteiger partial charge is 0.444 e. The molecule has 492 valence electrons. The molecule has 0 spiro atoms. The number of hydrogen-bond donors (Lipinski definition) is 6. The number of nitrogens with one attached hydrogen (secondary N) is 4. The summed E-state index contributed by atoms with van der Waals surface area (Å²) in [6, 6.07) is 30.8. The number of benzene rings is 4. The second-order valence-electron chi connectivity index (χ2n) is 24.8. The molecule has 0 aromatic heterocycles. The third-order valence-corrected chi connectivity index (χ3v) is 20.3. The van der Waals surface area contributed by atoms with Crippen molar-refractivity contribution in [2.45, 2.75) is 154 Å². The molecule has 4 aromatic carbocycles. The van der Waals surface area contributed by atoms with E-state index in [4.69, 9.17) is 49.6 Å². The van der Waals surface area contributed by atoms with Gasteiger partial charge in [0.15, 0.2) is 5.96 Å². The number of nitrogens with zero attached hydrogens (tertiary/aromatic N) is 4. The van der Waals surface area contributed by atoms with Crippen LogP contribution in [-0.4, -0.2) is 131 Å². The maximum atomic E-state index is 13.9. The molecule has 2 heterocycles. The lowest BCUT2D eigenvalue weighted by Crippen LogP contribution is -2.54. The highest BCUT2D eigenvalue weighted by molar-refractivity contribution is 7.89. The van der Waals surface area contributed by atoms with Crippen LogP contribution in [0, 0.1) is 28.1 Å². The Hall–Kier alpha value is -6.30. The number of alkyl carbamates (subject to hydrolysis) is 1. The Kier molecular flexibility index (Phi) is 27.2. The van der Waals surface area contributed by atoms with Crippen LogP contribution < -0.4 is 26.2 Å². The number of likely N-dealkylation sites (tertiary alicyclic amines) is 2. The number of nitrogens with two attached hydrogens (primary N) is 2. The Bertz CT molecular complexity index is 3210. The van der Waals surface area contributed by atoms with Gasteiger partial charge in [-0.3, -0.25) is 25.3 Å². The van der Waals surface area contributed by atoms with Crippen molar-refractivity contribution in [3.63, 3.8) is 0 Å². The van der Waals surface area contributed by atoms with Crippen molar-refractivity contribution in [2.75, 3.05) is 51.8 Å². The van der Waals surface area contributed by atoms with Gasteiger partial charge < -0.3 is 30.7 Å². The van der Waals surface area contributed by atoms with Gasteiger partial charge in [-0.15, -0.1) is 0 Å². The molecular formula is C66H92Cl2N10O10S2. The molecule has 8 N–H and O–H groups in total. The summed E-state index contributed by atoms with van der Waals surface area (Å²) >= 11 is 12.0. The molecule has 2 aliphatic heterocycles. The quantitative estimate of drug-likeness (QED) is 0.0217. The van der Waals surface area contributed by atoms with E-state index in [2.05, 4.69) is 19.8 Å². The lowest BCUT2D eigenvalue weighted by atomic mass is 9.61. The van der Waals surface area contributed by atoms with E-state index >= 15 is 0 Å². The van der Waals surface area contributed by atoms with Gasteiger partial charge in [-0.1, -0.05) is 147 Å². The summed E-state index contributed by atoms with van der Waals surface area (Å²) in [4.78, 5) is 62.5. The molecule has 8 rings (SSSR count). The van der Waals surface area contributed by atoms with Crippen molar-refractivity contribution in [1.29, 1.82) is 5.41 Å². The summed E-state index contributed by atoms with van der Waals surface area (Å²) in [5.74, 6) is 0.357. The van der Waals surface area contributed by atoms with E-state index in [1.54, 1.807) is 41.3 Å². The molecule has 4 aliphatic rings. The third-order valence-electron chi connectivity index (χ3n) is 18.4. The van der Waals surface area contributed by atoms with Gasteiger partial charge >= 0.3 is 12.2 Å². The van der Waals surface area contributed by atoms with E-state index in [1.165, 1.54) is 38.5 Å². The number of carbonyl (C=O) groups excluding carboxylic acids is 4. The first-order valence-corrected chi connectivity index (χ1v) is 36.1. The van der Waals surface area contributed by atoms with E-state index in [0.29, 0.717) is 61.0 Å². The summed E-state index contributed by atoms with van der Waals surface area (Å²) in [5, 5.41) is 12.3. The van der Waals surface area contributed by atoms with Crippen molar-refractivity contribution in [2.24, 2.45) is 39.1 Å². The maximum absolute atomic E-state index is 13.9. The molecule has 2 aliphatic carbocycles. The zero-order valence-corrected chi connectivity index (χ0v) is 55.2. The van der Waals surface area contributed by atoms with Crippen molar-refractivity contribution < 1.29 is 45.5 Å². The monoisotopic (exact) mass is 1320 g/mol. The van der Waals surface area contributed by atoms with Crippen LogP contribution in [0.4, 0.5) is 9.59 Å². The fourth-order valence-corrected chi connectivity index (χ4v) is 15.4. The number of ether oxygens (including phenoxy) is 2. The molecule has 4 amide bonds. The van der Waals surface area contributed by atoms with Crippen molar-refractivity contribution in [3.8, 4) is 0 Å². The molecule has 2 saturated carbocycles. The Labute approximate surface area is 542 Å². The number of aliphatic imine (C=N–C) groups is 1. The van der Waals surface area contributed by atoms with Crippen LogP contribution in [0.25, 0.3) is 0 Å². The Morgan fingerprint density at radius 1 is 0.600 bits per heavy atom. The summed E-state index contributed by atoms with van der Waals surface area (Å²) in [7, 11) is -7.22. The topological polar surface area (TPSA) is 289 Å². The van der Waals surface area contributed by atoms with Gasteiger partial charge in [-0.25, -0.2) is 40.8 Å². The molecule has 4 fully saturated rings. The Morgan fingerprint density at radius 2 is 1.00 bits per heavy atom. The van der Waals surface area contributed by atoms with Gasteiger partial charge in [-0.05, 0) is 159 Å². The summed E-state index contributed by atoms with van der Waals surface area (Å²) in [6.45, 7) is 3.00. The number of carbonyl (C=O) groups is 4. The van der Waals surface area contributed by atoms with Gasteiger partial charge in [-0.2, -0.15) is 0 Å². The standard InChI is InChI=1S/C41H52ClN5O7S.C25H40ClN5O3S/c1-55(51,52)45-36(28-31-18-20-35(42)21-19-31)37(48)46-26-23-41(24-27-46,34-16-9-4-10-17-34)22-11-25-47(40(50)54-30-33-14-7-3-8-15-33)38(43)44-39(49)53-29-32-12-5-2-6-13-32;1-35(33,34)30-22(18-19-8-10-21(26)11-9-19)23(32)31-16-13-25(14-17-31,12-5-15-29-24(27)28)20-6-3-2-4-7-20/h2-3,5-8,12-15,18-21,34,36,45H,4,9-11,16-17,22-30H2,1H3,(H2,43,44,49);8-11,20,22,30H,2-7,12-18H2,1H3,(H4,27,28,29). The molecule has 0 bridgehead atoms. The predicted octanol–water partition coefficient (Wildman–Crippen LogP) is 10.3. The van der Waals surface area contributed by atoms with Gasteiger partial charge in [0.1, 0.15) is 25.3 Å². The SMILES string of the molecule is CS(=O)(=O)NC(Cc1ccc(Cl)cc1)C(=O)N1CCC(CCCN(C(=N)NC(=O)OCc2ccccc2)C(=O)OCc2ccccc2)(C2CCCCC2)CC1.CS(=O)(=O)NC(Cc1ccc(Cl)cc1)C(=O)N1CCC(CCCN=C(N)N)(C2CCCCC2)CC1. The lowest BCUT2D eigenvalue weighted by Gasteiger charge is -2.49. The smallest absolute Gasteiger partial charge is 0.416 e. The molecular weight excluding hydrogens is 1230 g/mol. The fourth-order valence-electron chi connectivity index (χ4n) is 13.8. The first kappa shape index (κ1) is 71.1. The highest BCUT2D eigenvalue weighted by Gasteiger charge is 2.45. The van der Waals surface area contributed by atoms with Gasteiger partial charge in [0, 0.05) is 49.3 Å². The van der Waals surface area contributed by atoms with Crippen LogP contribution in [0.5, 0.6) is 0 Å². The van der Waals surface area contributed by atoms with Crippen molar-refractivity contribution >= 4 is 79.2 Å². The zero-order valence-electron chi connectivity index (χ0n) is 52.1. The molecule has 4 aromatic rings. The van der Waals surface area contributed by atoms with Crippen LogP contribution in [-0.2, 0) is 65.2 Å². The minimum absolute atomic E-state index is 0.00494. The lowest BCUT2D eigenvalue weighted by molar-refractivity contribution is -0.137. The minimum Gasteiger partial charge on any atom is -0.444 e. The number of hydrogen-bond acceptors (Lipinski definition) is 12. The molecule has 0 radical (unpaired) electrons. The average molecular weight is 1320 g/mol. The number of halogens is 2. The van der Waals surface area contributed by atoms with Crippen LogP contribution in [0.15, 0.2) is 114 Å². The number of guanidine groups is 2. The molecule has 2 saturated heterocycles. The molecule has 24 heteroatoms. The highest BCUT2D eigenvalue weighted by atomic mass is 35.5. The first-order chi connectivity index (χ1) is 43.0. The highest BCUT2D eigenvalue weighted by Crippen LogP contribution is 2.50. The van der Waals surface area contributed by atoms with Crippen LogP contribution >= 0.6 is 23.2 Å². The molecule has 90 heavy (non-hydrogen) atoms. The van der Waals surface area contributed by atoms with Gasteiger partial charge in [0.25, 0.3) is 0 Å². The Morgan fingerprint density at radius 3 is 1.40 bits per heavy atom. The third kappa shape index (κ3) is 22.8. The van der Waals surface area contributed by atoms with E-state index < -0.39 is 50.3 Å². The summed E-state index contributed by atoms with van der Waals surface area (Å²) in [6.07, 6.45) is 19.5. The summed E-state index contributed by atoms with van der Waals surface area (Å²) in [5.41, 5.74) is 14.3. The van der Waals surface area contributed by atoms with E-state index in [1.807, 2.05) is 77.7 Å².